The van der Waals surface area contributed by atoms with E-state index in [-0.39, 0.29) is 0 Å². The molecule has 2 heteroatoms. The van der Waals surface area contributed by atoms with E-state index in [1.54, 1.807) is 0 Å². The fourth-order valence-electron chi connectivity index (χ4n) is 4.13. The molecule has 3 aliphatic rings. The van der Waals surface area contributed by atoms with Gasteiger partial charge in [0.1, 0.15) is 0 Å². The third-order valence-electron chi connectivity index (χ3n) is 5.20. The van der Waals surface area contributed by atoms with Crippen molar-refractivity contribution in [3.8, 4) is 0 Å². The first-order chi connectivity index (χ1) is 8.36. The Morgan fingerprint density at radius 3 is 2.65 bits per heavy atom. The molecule has 3 aliphatic carbocycles. The van der Waals surface area contributed by atoms with Crippen LogP contribution in [0.25, 0.3) is 0 Å². The lowest BCUT2D eigenvalue weighted by atomic mass is 9.84. The Bertz CT molecular complexity index is 289. The number of hydrogen-bond donors (Lipinski definition) is 2. The van der Waals surface area contributed by atoms with E-state index in [1.165, 1.54) is 45.1 Å². The van der Waals surface area contributed by atoms with Crippen LogP contribution in [0.2, 0.25) is 0 Å². The van der Waals surface area contributed by atoms with E-state index in [0.717, 1.165) is 17.8 Å². The number of hydrogen-bond acceptors (Lipinski definition) is 2. The number of aliphatic hydroxyl groups excluding tert-OH is 1. The number of nitrogens with one attached hydrogen (secondary N) is 1. The topological polar surface area (TPSA) is 32.3 Å². The van der Waals surface area contributed by atoms with Crippen LogP contribution in [-0.4, -0.2) is 24.3 Å². The molecule has 0 heterocycles. The van der Waals surface area contributed by atoms with Gasteiger partial charge in [-0.3, -0.25) is 0 Å². The molecular formula is C15H25NO. The summed E-state index contributed by atoms with van der Waals surface area (Å²) in [6.45, 7) is 1.54. The van der Waals surface area contributed by atoms with Crippen molar-refractivity contribution in [3.63, 3.8) is 0 Å². The van der Waals surface area contributed by atoms with Gasteiger partial charge in [0, 0.05) is 12.6 Å². The van der Waals surface area contributed by atoms with Gasteiger partial charge in [0.15, 0.2) is 0 Å². The van der Waals surface area contributed by atoms with Gasteiger partial charge >= 0.3 is 0 Å². The summed E-state index contributed by atoms with van der Waals surface area (Å²) in [6.07, 6.45) is 12.8. The fourth-order valence-corrected chi connectivity index (χ4v) is 4.13. The maximum absolute atomic E-state index is 9.41. The van der Waals surface area contributed by atoms with Crippen molar-refractivity contribution in [1.29, 1.82) is 0 Å². The molecule has 96 valence electrons. The predicted octanol–water partition coefficient (Wildman–Crippen LogP) is 2.34. The molecule has 2 fully saturated rings. The summed E-state index contributed by atoms with van der Waals surface area (Å²) < 4.78 is 0. The minimum atomic E-state index is 0.369. The van der Waals surface area contributed by atoms with E-state index >= 15 is 0 Å². The first-order valence-corrected chi connectivity index (χ1v) is 7.39. The molecule has 0 radical (unpaired) electrons. The molecule has 3 rings (SSSR count). The Hall–Kier alpha value is -0.340. The van der Waals surface area contributed by atoms with Crippen LogP contribution in [0.15, 0.2) is 12.2 Å². The van der Waals surface area contributed by atoms with E-state index < -0.39 is 0 Å². The van der Waals surface area contributed by atoms with Crippen molar-refractivity contribution >= 4 is 0 Å². The molecule has 0 amide bonds. The zero-order valence-corrected chi connectivity index (χ0v) is 10.6. The molecule has 5 unspecified atom stereocenters. The van der Waals surface area contributed by atoms with E-state index in [4.69, 9.17) is 0 Å². The summed E-state index contributed by atoms with van der Waals surface area (Å²) in [7, 11) is 0. The molecule has 2 nitrogen and oxygen atoms in total. The van der Waals surface area contributed by atoms with Gasteiger partial charge in [0.05, 0.1) is 0 Å². The molecular weight excluding hydrogens is 210 g/mol. The second-order valence-electron chi connectivity index (χ2n) is 6.28. The monoisotopic (exact) mass is 235 g/mol. The van der Waals surface area contributed by atoms with Gasteiger partial charge < -0.3 is 10.4 Å². The predicted molar refractivity (Wildman–Crippen MR) is 69.7 cm³/mol. The highest BCUT2D eigenvalue weighted by Gasteiger charge is 2.36. The van der Waals surface area contributed by atoms with Crippen molar-refractivity contribution < 1.29 is 5.11 Å². The summed E-state index contributed by atoms with van der Waals surface area (Å²) >= 11 is 0. The zero-order chi connectivity index (χ0) is 11.7. The summed E-state index contributed by atoms with van der Waals surface area (Å²) in [4.78, 5) is 0. The van der Waals surface area contributed by atoms with E-state index in [9.17, 15) is 5.11 Å². The Balaban J connectivity index is 1.48. The normalized spacial score (nSPS) is 44.4. The highest BCUT2D eigenvalue weighted by Crippen LogP contribution is 2.43. The highest BCUT2D eigenvalue weighted by atomic mass is 16.3. The van der Waals surface area contributed by atoms with Crippen LogP contribution >= 0.6 is 0 Å². The van der Waals surface area contributed by atoms with Crippen LogP contribution in [-0.2, 0) is 0 Å². The third kappa shape index (κ3) is 2.43. The van der Waals surface area contributed by atoms with E-state index in [1.807, 2.05) is 0 Å². The van der Waals surface area contributed by atoms with Crippen LogP contribution in [0, 0.1) is 23.7 Å². The van der Waals surface area contributed by atoms with Crippen molar-refractivity contribution in [2.75, 3.05) is 13.2 Å². The standard InChI is InChI=1S/C15H25NO/c17-10-13-3-1-2-4-15(13)16-9-14-8-11-5-6-12(14)7-11/h5-6,11-17H,1-4,7-10H2. The van der Waals surface area contributed by atoms with Gasteiger partial charge in [-0.25, -0.2) is 0 Å². The maximum atomic E-state index is 9.41. The van der Waals surface area contributed by atoms with Gasteiger partial charge in [0.25, 0.3) is 0 Å². The Labute approximate surface area is 104 Å². The molecule has 0 saturated heterocycles. The van der Waals surface area contributed by atoms with Crippen molar-refractivity contribution in [1.82, 2.24) is 5.32 Å². The molecule has 0 spiro atoms. The van der Waals surface area contributed by atoms with Gasteiger partial charge in [-0.1, -0.05) is 25.0 Å². The first-order valence-electron chi connectivity index (χ1n) is 7.39. The van der Waals surface area contributed by atoms with Gasteiger partial charge in [-0.05, 0) is 55.9 Å². The van der Waals surface area contributed by atoms with Crippen LogP contribution < -0.4 is 5.32 Å². The molecule has 0 aromatic carbocycles. The number of aliphatic hydroxyl groups is 1. The molecule has 17 heavy (non-hydrogen) atoms. The minimum Gasteiger partial charge on any atom is -0.396 e. The largest absolute Gasteiger partial charge is 0.396 e. The van der Waals surface area contributed by atoms with Gasteiger partial charge in [0.2, 0.25) is 0 Å². The first kappa shape index (κ1) is 11.7. The molecule has 0 aromatic heterocycles. The fraction of sp³-hybridized carbons (Fsp3) is 0.867. The molecule has 2 saturated carbocycles. The van der Waals surface area contributed by atoms with Crippen LogP contribution in [0.1, 0.15) is 38.5 Å². The quantitative estimate of drug-likeness (QED) is 0.733. The smallest absolute Gasteiger partial charge is 0.0474 e. The minimum absolute atomic E-state index is 0.369. The second-order valence-corrected chi connectivity index (χ2v) is 6.28. The van der Waals surface area contributed by atoms with Crippen LogP contribution in [0.3, 0.4) is 0 Å². The average molecular weight is 235 g/mol. The Morgan fingerprint density at radius 2 is 1.94 bits per heavy atom. The third-order valence-corrected chi connectivity index (χ3v) is 5.20. The molecule has 0 aromatic rings. The Kier molecular flexibility index (Phi) is 3.53. The molecule has 0 aliphatic heterocycles. The Morgan fingerprint density at radius 1 is 1.06 bits per heavy atom. The van der Waals surface area contributed by atoms with E-state index in [2.05, 4.69) is 17.5 Å². The van der Waals surface area contributed by atoms with E-state index in [0.29, 0.717) is 18.6 Å². The van der Waals surface area contributed by atoms with Gasteiger partial charge in [-0.2, -0.15) is 0 Å². The summed E-state index contributed by atoms with van der Waals surface area (Å²) in [5.41, 5.74) is 0. The molecule has 2 N–H and O–H groups in total. The number of fused-ring (bicyclic) bond motifs is 2. The maximum Gasteiger partial charge on any atom is 0.0474 e. The summed E-state index contributed by atoms with van der Waals surface area (Å²) in [6, 6.07) is 0.580. The van der Waals surface area contributed by atoms with Crippen molar-refractivity contribution in [3.05, 3.63) is 12.2 Å². The zero-order valence-electron chi connectivity index (χ0n) is 10.6. The van der Waals surface area contributed by atoms with Crippen molar-refractivity contribution in [2.45, 2.75) is 44.6 Å². The lowest BCUT2D eigenvalue weighted by Crippen LogP contribution is -2.42. The number of allylic oxidation sites excluding steroid dienone is 2. The van der Waals surface area contributed by atoms with Gasteiger partial charge in [-0.15, -0.1) is 0 Å². The average Bonchev–Trinajstić information content (AvgIpc) is 2.98. The SMILES string of the molecule is OCC1CCCCC1NCC1CC2C=CC1C2. The molecule has 2 bridgehead atoms. The summed E-state index contributed by atoms with van der Waals surface area (Å²) in [5.74, 6) is 3.11. The second kappa shape index (κ2) is 5.11. The number of rotatable bonds is 4. The highest BCUT2D eigenvalue weighted by molar-refractivity contribution is 5.10. The summed E-state index contributed by atoms with van der Waals surface area (Å²) in [5, 5.41) is 13.2. The van der Waals surface area contributed by atoms with Crippen LogP contribution in [0.5, 0.6) is 0 Å². The molecule has 5 atom stereocenters. The lowest BCUT2D eigenvalue weighted by Gasteiger charge is -2.32. The van der Waals surface area contributed by atoms with Crippen molar-refractivity contribution in [2.24, 2.45) is 23.7 Å². The van der Waals surface area contributed by atoms with Crippen LogP contribution in [0.4, 0.5) is 0 Å². The lowest BCUT2D eigenvalue weighted by molar-refractivity contribution is 0.149.